The third-order valence-electron chi connectivity index (χ3n) is 4.83. The number of benzene rings is 3. The average molecular weight is 401 g/mol. The van der Waals surface area contributed by atoms with Crippen molar-refractivity contribution < 1.29 is 9.59 Å². The van der Waals surface area contributed by atoms with Gasteiger partial charge in [0.15, 0.2) is 5.11 Å². The Morgan fingerprint density at radius 3 is 2.34 bits per heavy atom. The highest BCUT2D eigenvalue weighted by Gasteiger charge is 2.35. The molecule has 3 aromatic rings. The molecule has 0 saturated carbocycles. The number of rotatable bonds is 3. The van der Waals surface area contributed by atoms with E-state index in [0.717, 1.165) is 22.0 Å². The van der Waals surface area contributed by atoms with E-state index in [2.05, 4.69) is 5.32 Å². The van der Waals surface area contributed by atoms with Crippen LogP contribution in [-0.2, 0) is 9.59 Å². The van der Waals surface area contributed by atoms with Gasteiger partial charge in [-0.1, -0.05) is 48.5 Å². The van der Waals surface area contributed by atoms with Gasteiger partial charge in [0.25, 0.3) is 11.8 Å². The van der Waals surface area contributed by atoms with Gasteiger partial charge in [0.2, 0.25) is 0 Å². The molecule has 0 atom stereocenters. The number of carbonyl (C=O) groups is 2. The molecule has 2 amide bonds. The highest BCUT2D eigenvalue weighted by atomic mass is 32.1. The Morgan fingerprint density at radius 2 is 1.62 bits per heavy atom. The molecule has 4 rings (SSSR count). The van der Waals surface area contributed by atoms with Gasteiger partial charge in [0.1, 0.15) is 5.57 Å². The minimum absolute atomic E-state index is 0.0455. The molecule has 5 nitrogen and oxygen atoms in total. The predicted octanol–water partition coefficient (Wildman–Crippen LogP) is 3.74. The molecule has 1 heterocycles. The second-order valence-electron chi connectivity index (χ2n) is 6.94. The van der Waals surface area contributed by atoms with Gasteiger partial charge in [0, 0.05) is 25.2 Å². The zero-order valence-corrected chi connectivity index (χ0v) is 16.9. The summed E-state index contributed by atoms with van der Waals surface area (Å²) in [5.41, 5.74) is 2.49. The SMILES string of the molecule is CN(C)c1ccc(/C=C2/C(=O)NC(=S)N(c3cccc4ccccc34)C2=O)cc1. The summed E-state index contributed by atoms with van der Waals surface area (Å²) in [6.45, 7) is 0. The Bertz CT molecular complexity index is 1160. The molecule has 0 unspecified atom stereocenters. The summed E-state index contributed by atoms with van der Waals surface area (Å²) >= 11 is 5.33. The van der Waals surface area contributed by atoms with E-state index in [4.69, 9.17) is 12.2 Å². The zero-order chi connectivity index (χ0) is 20.5. The smallest absolute Gasteiger partial charge is 0.270 e. The Kier molecular flexibility index (Phi) is 4.86. The van der Waals surface area contributed by atoms with E-state index in [-0.39, 0.29) is 10.7 Å². The van der Waals surface area contributed by atoms with Crippen LogP contribution in [0.5, 0.6) is 0 Å². The first-order chi connectivity index (χ1) is 14.0. The van der Waals surface area contributed by atoms with Crippen LogP contribution in [0.2, 0.25) is 0 Å². The Balaban J connectivity index is 1.76. The quantitative estimate of drug-likeness (QED) is 0.413. The molecule has 1 N–H and O–H groups in total. The van der Waals surface area contributed by atoms with Crippen molar-refractivity contribution in [3.05, 3.63) is 77.9 Å². The predicted molar refractivity (Wildman–Crippen MR) is 121 cm³/mol. The fraction of sp³-hybridized carbons (Fsp3) is 0.0870. The molecule has 0 bridgehead atoms. The molecule has 0 spiro atoms. The average Bonchev–Trinajstić information content (AvgIpc) is 2.71. The number of amides is 2. The molecule has 6 heteroatoms. The monoisotopic (exact) mass is 401 g/mol. The van der Waals surface area contributed by atoms with Crippen LogP contribution in [0, 0.1) is 0 Å². The summed E-state index contributed by atoms with van der Waals surface area (Å²) in [6, 6.07) is 21.0. The topological polar surface area (TPSA) is 52.7 Å². The number of fused-ring (bicyclic) bond motifs is 1. The van der Waals surface area contributed by atoms with Crippen molar-refractivity contribution in [2.24, 2.45) is 0 Å². The first-order valence-corrected chi connectivity index (χ1v) is 9.53. The number of nitrogens with one attached hydrogen (secondary N) is 1. The summed E-state index contributed by atoms with van der Waals surface area (Å²) in [5.74, 6) is -0.931. The van der Waals surface area contributed by atoms with E-state index >= 15 is 0 Å². The van der Waals surface area contributed by atoms with E-state index in [1.165, 1.54) is 4.90 Å². The molecule has 0 radical (unpaired) electrons. The molecule has 1 aliphatic heterocycles. The normalized spacial score (nSPS) is 15.7. The van der Waals surface area contributed by atoms with Gasteiger partial charge in [-0.25, -0.2) is 0 Å². The maximum Gasteiger partial charge on any atom is 0.270 e. The number of hydrogen-bond donors (Lipinski definition) is 1. The molecule has 29 heavy (non-hydrogen) atoms. The summed E-state index contributed by atoms with van der Waals surface area (Å²) in [7, 11) is 3.91. The van der Waals surface area contributed by atoms with E-state index in [1.54, 1.807) is 6.08 Å². The third kappa shape index (κ3) is 3.50. The lowest BCUT2D eigenvalue weighted by Crippen LogP contribution is -2.54. The van der Waals surface area contributed by atoms with Crippen LogP contribution in [-0.4, -0.2) is 31.0 Å². The van der Waals surface area contributed by atoms with E-state index < -0.39 is 11.8 Å². The summed E-state index contributed by atoms with van der Waals surface area (Å²) in [4.78, 5) is 29.2. The van der Waals surface area contributed by atoms with Crippen LogP contribution >= 0.6 is 12.2 Å². The number of thiocarbonyl (C=S) groups is 1. The molecular weight excluding hydrogens is 382 g/mol. The Hall–Kier alpha value is -3.51. The van der Waals surface area contributed by atoms with Crippen molar-refractivity contribution in [2.75, 3.05) is 23.9 Å². The minimum Gasteiger partial charge on any atom is -0.378 e. The Morgan fingerprint density at radius 1 is 0.931 bits per heavy atom. The third-order valence-corrected chi connectivity index (χ3v) is 5.11. The number of carbonyl (C=O) groups excluding carboxylic acids is 2. The van der Waals surface area contributed by atoms with Crippen molar-refractivity contribution in [1.29, 1.82) is 0 Å². The largest absolute Gasteiger partial charge is 0.378 e. The van der Waals surface area contributed by atoms with E-state index in [0.29, 0.717) is 5.69 Å². The second-order valence-corrected chi connectivity index (χ2v) is 7.33. The van der Waals surface area contributed by atoms with Gasteiger partial charge in [-0.3, -0.25) is 19.8 Å². The number of anilines is 2. The van der Waals surface area contributed by atoms with Crippen molar-refractivity contribution >= 4 is 57.4 Å². The van der Waals surface area contributed by atoms with Crippen LogP contribution in [0.25, 0.3) is 16.8 Å². The van der Waals surface area contributed by atoms with Gasteiger partial charge < -0.3 is 4.90 Å². The summed E-state index contributed by atoms with van der Waals surface area (Å²) in [5, 5.41) is 4.60. The fourth-order valence-electron chi connectivity index (χ4n) is 3.31. The van der Waals surface area contributed by atoms with Crippen LogP contribution < -0.4 is 15.1 Å². The lowest BCUT2D eigenvalue weighted by Gasteiger charge is -2.29. The molecule has 144 valence electrons. The lowest BCUT2D eigenvalue weighted by molar-refractivity contribution is -0.122. The minimum atomic E-state index is -0.492. The van der Waals surface area contributed by atoms with Crippen LogP contribution in [0.4, 0.5) is 11.4 Å². The maximum absolute atomic E-state index is 13.3. The molecule has 1 saturated heterocycles. The van der Waals surface area contributed by atoms with Gasteiger partial charge in [0.05, 0.1) is 5.69 Å². The van der Waals surface area contributed by atoms with Crippen LogP contribution in [0.3, 0.4) is 0 Å². The van der Waals surface area contributed by atoms with E-state index in [1.807, 2.05) is 85.7 Å². The standard InChI is InChI=1S/C23H19N3O2S/c1-25(2)17-12-10-15(11-13-17)14-19-21(27)24-23(29)26(22(19)28)20-9-5-7-16-6-3-4-8-18(16)20/h3-14H,1-2H3,(H,24,27,29)/b19-14-. The first-order valence-electron chi connectivity index (χ1n) is 9.12. The Labute approximate surface area is 174 Å². The molecule has 0 aromatic heterocycles. The number of nitrogens with zero attached hydrogens (tertiary/aromatic N) is 2. The lowest BCUT2D eigenvalue weighted by atomic mass is 10.0. The molecule has 3 aromatic carbocycles. The molecule has 1 fully saturated rings. The van der Waals surface area contributed by atoms with E-state index in [9.17, 15) is 9.59 Å². The molecule has 0 aliphatic carbocycles. The van der Waals surface area contributed by atoms with Crippen LogP contribution in [0.15, 0.2) is 72.3 Å². The van der Waals surface area contributed by atoms with Gasteiger partial charge >= 0.3 is 0 Å². The van der Waals surface area contributed by atoms with Crippen LogP contribution in [0.1, 0.15) is 5.56 Å². The maximum atomic E-state index is 13.3. The van der Waals surface area contributed by atoms with Gasteiger partial charge in [-0.05, 0) is 47.4 Å². The molecule has 1 aliphatic rings. The van der Waals surface area contributed by atoms with Crippen molar-refractivity contribution in [1.82, 2.24) is 5.32 Å². The second kappa shape index (κ2) is 7.48. The zero-order valence-electron chi connectivity index (χ0n) is 16.0. The number of hydrogen-bond acceptors (Lipinski definition) is 4. The summed E-state index contributed by atoms with van der Waals surface area (Å²) < 4.78 is 0. The first kappa shape index (κ1) is 18.8. The highest BCUT2D eigenvalue weighted by Crippen LogP contribution is 2.30. The summed E-state index contributed by atoms with van der Waals surface area (Å²) in [6.07, 6.45) is 1.59. The van der Waals surface area contributed by atoms with Crippen molar-refractivity contribution in [3.63, 3.8) is 0 Å². The van der Waals surface area contributed by atoms with Gasteiger partial charge in [-0.2, -0.15) is 0 Å². The molecular formula is C23H19N3O2S. The highest BCUT2D eigenvalue weighted by molar-refractivity contribution is 7.80. The van der Waals surface area contributed by atoms with Crippen molar-refractivity contribution in [2.45, 2.75) is 0 Å². The van der Waals surface area contributed by atoms with Crippen molar-refractivity contribution in [3.8, 4) is 0 Å². The van der Waals surface area contributed by atoms with Gasteiger partial charge in [-0.15, -0.1) is 0 Å². The fourth-order valence-corrected chi connectivity index (χ4v) is 3.59.